The normalized spacial score (nSPS) is 13.9. The van der Waals surface area contributed by atoms with Gasteiger partial charge in [-0.15, -0.1) is 0 Å². The Morgan fingerprint density at radius 1 is 1.00 bits per heavy atom. The zero-order valence-corrected chi connectivity index (χ0v) is 15.5. The molecule has 0 bridgehead atoms. The van der Waals surface area contributed by atoms with Gasteiger partial charge in [0.25, 0.3) is 0 Å². The maximum Gasteiger partial charge on any atom is 0.231 e. The summed E-state index contributed by atoms with van der Waals surface area (Å²) >= 11 is 0. The summed E-state index contributed by atoms with van der Waals surface area (Å²) in [6.45, 7) is 5.41. The van der Waals surface area contributed by atoms with E-state index in [0.29, 0.717) is 13.1 Å². The highest BCUT2D eigenvalue weighted by Crippen LogP contribution is 2.27. The van der Waals surface area contributed by atoms with Crippen molar-refractivity contribution in [3.05, 3.63) is 72.1 Å². The fraction of sp³-hybridized carbons (Fsp3) is 0.227. The maximum absolute atomic E-state index is 12.5. The molecule has 1 N–H and O–H groups in total. The van der Waals surface area contributed by atoms with Gasteiger partial charge in [0.1, 0.15) is 12.1 Å². The SMILES string of the molecule is Cc1cc(C)cc(NC(=O)C2CN(c3cc(-c4ccccc4)ncn3)C2)c1. The van der Waals surface area contributed by atoms with E-state index in [9.17, 15) is 4.79 Å². The van der Waals surface area contributed by atoms with Crippen molar-refractivity contribution in [1.29, 1.82) is 0 Å². The third kappa shape index (κ3) is 3.82. The van der Waals surface area contributed by atoms with Crippen molar-refractivity contribution in [3.8, 4) is 11.3 Å². The number of carbonyl (C=O) groups excluding carboxylic acids is 1. The minimum absolute atomic E-state index is 0.0269. The van der Waals surface area contributed by atoms with Crippen LogP contribution in [0, 0.1) is 19.8 Å². The molecule has 1 fully saturated rings. The number of rotatable bonds is 4. The zero-order chi connectivity index (χ0) is 18.8. The second-order valence-corrected chi connectivity index (χ2v) is 7.10. The highest BCUT2D eigenvalue weighted by molar-refractivity contribution is 5.94. The quantitative estimate of drug-likeness (QED) is 0.770. The minimum Gasteiger partial charge on any atom is -0.355 e. The second-order valence-electron chi connectivity index (χ2n) is 7.10. The monoisotopic (exact) mass is 358 g/mol. The molecule has 0 aliphatic carbocycles. The molecule has 5 heteroatoms. The van der Waals surface area contributed by atoms with Gasteiger partial charge in [0, 0.05) is 30.4 Å². The lowest BCUT2D eigenvalue weighted by Gasteiger charge is -2.39. The molecule has 5 nitrogen and oxygen atoms in total. The van der Waals surface area contributed by atoms with E-state index in [0.717, 1.165) is 33.9 Å². The van der Waals surface area contributed by atoms with Gasteiger partial charge in [-0.05, 0) is 37.1 Å². The van der Waals surface area contributed by atoms with Crippen LogP contribution in [0.5, 0.6) is 0 Å². The number of benzene rings is 2. The Labute approximate surface area is 159 Å². The van der Waals surface area contributed by atoms with Crippen LogP contribution in [0.4, 0.5) is 11.5 Å². The Hall–Kier alpha value is -3.21. The fourth-order valence-electron chi connectivity index (χ4n) is 3.41. The molecule has 27 heavy (non-hydrogen) atoms. The van der Waals surface area contributed by atoms with E-state index in [1.165, 1.54) is 0 Å². The summed E-state index contributed by atoms with van der Waals surface area (Å²) in [5.74, 6) is 0.897. The Morgan fingerprint density at radius 3 is 2.41 bits per heavy atom. The molecule has 4 rings (SSSR count). The number of hydrogen-bond donors (Lipinski definition) is 1. The van der Waals surface area contributed by atoms with E-state index in [1.54, 1.807) is 6.33 Å². The minimum atomic E-state index is -0.0269. The molecular weight excluding hydrogens is 336 g/mol. The molecule has 0 saturated carbocycles. The van der Waals surface area contributed by atoms with Gasteiger partial charge in [0.15, 0.2) is 0 Å². The van der Waals surface area contributed by atoms with Gasteiger partial charge in [-0.25, -0.2) is 9.97 Å². The summed E-state index contributed by atoms with van der Waals surface area (Å²) in [4.78, 5) is 23.4. The highest BCUT2D eigenvalue weighted by Gasteiger charge is 2.33. The van der Waals surface area contributed by atoms with Crippen molar-refractivity contribution < 1.29 is 4.79 Å². The molecule has 2 heterocycles. The predicted molar refractivity (Wildman–Crippen MR) is 108 cm³/mol. The van der Waals surface area contributed by atoms with E-state index in [2.05, 4.69) is 26.3 Å². The molecule has 0 unspecified atom stereocenters. The van der Waals surface area contributed by atoms with Gasteiger partial charge in [-0.3, -0.25) is 4.79 Å². The van der Waals surface area contributed by atoms with E-state index in [4.69, 9.17) is 0 Å². The molecule has 1 amide bonds. The average Bonchev–Trinajstić information content (AvgIpc) is 2.60. The molecule has 0 radical (unpaired) electrons. The largest absolute Gasteiger partial charge is 0.355 e. The van der Waals surface area contributed by atoms with Gasteiger partial charge < -0.3 is 10.2 Å². The van der Waals surface area contributed by atoms with Gasteiger partial charge in [0.2, 0.25) is 5.91 Å². The summed E-state index contributed by atoms with van der Waals surface area (Å²) in [6.07, 6.45) is 1.58. The summed E-state index contributed by atoms with van der Waals surface area (Å²) in [5.41, 5.74) is 5.11. The third-order valence-electron chi connectivity index (χ3n) is 4.79. The average molecular weight is 358 g/mol. The lowest BCUT2D eigenvalue weighted by atomic mass is 9.98. The van der Waals surface area contributed by atoms with Crippen LogP contribution in [0.25, 0.3) is 11.3 Å². The first-order valence-electron chi connectivity index (χ1n) is 9.10. The van der Waals surface area contributed by atoms with Crippen molar-refractivity contribution in [2.75, 3.05) is 23.3 Å². The number of nitrogens with zero attached hydrogens (tertiary/aromatic N) is 3. The first kappa shape index (κ1) is 17.2. The van der Waals surface area contributed by atoms with Crippen LogP contribution in [-0.4, -0.2) is 29.0 Å². The number of aromatic nitrogens is 2. The number of anilines is 2. The lowest BCUT2D eigenvalue weighted by Crippen LogP contribution is -2.52. The Morgan fingerprint density at radius 2 is 1.70 bits per heavy atom. The molecule has 3 aromatic rings. The zero-order valence-electron chi connectivity index (χ0n) is 15.5. The van der Waals surface area contributed by atoms with Crippen LogP contribution >= 0.6 is 0 Å². The Balaban J connectivity index is 1.40. The molecule has 1 aromatic heterocycles. The lowest BCUT2D eigenvalue weighted by molar-refractivity contribution is -0.120. The molecule has 0 spiro atoms. The summed E-state index contributed by atoms with van der Waals surface area (Å²) in [7, 11) is 0. The molecule has 0 atom stereocenters. The van der Waals surface area contributed by atoms with Crippen molar-refractivity contribution >= 4 is 17.4 Å². The number of nitrogens with one attached hydrogen (secondary N) is 1. The van der Waals surface area contributed by atoms with Gasteiger partial charge in [0.05, 0.1) is 11.6 Å². The predicted octanol–water partition coefficient (Wildman–Crippen LogP) is 3.84. The van der Waals surface area contributed by atoms with Crippen LogP contribution in [0.1, 0.15) is 11.1 Å². The van der Waals surface area contributed by atoms with E-state index >= 15 is 0 Å². The summed E-state index contributed by atoms with van der Waals surface area (Å²) in [5, 5.41) is 3.04. The number of amides is 1. The standard InChI is InChI=1S/C22H22N4O/c1-15-8-16(2)10-19(9-15)25-22(27)18-12-26(13-18)21-11-20(23-14-24-21)17-6-4-3-5-7-17/h3-11,14,18H,12-13H2,1-2H3,(H,25,27). The molecule has 2 aromatic carbocycles. The van der Waals surface area contributed by atoms with Crippen molar-refractivity contribution in [2.45, 2.75) is 13.8 Å². The topological polar surface area (TPSA) is 58.1 Å². The fourth-order valence-corrected chi connectivity index (χ4v) is 3.41. The van der Waals surface area contributed by atoms with Crippen LogP contribution in [0.3, 0.4) is 0 Å². The number of aryl methyl sites for hydroxylation is 2. The van der Waals surface area contributed by atoms with E-state index < -0.39 is 0 Å². The first-order valence-corrected chi connectivity index (χ1v) is 9.10. The van der Waals surface area contributed by atoms with Crippen LogP contribution in [-0.2, 0) is 4.79 Å². The molecule has 136 valence electrons. The number of hydrogen-bond acceptors (Lipinski definition) is 4. The molecule has 1 aliphatic heterocycles. The summed E-state index contributed by atoms with van der Waals surface area (Å²) in [6, 6.07) is 18.1. The summed E-state index contributed by atoms with van der Waals surface area (Å²) < 4.78 is 0. The van der Waals surface area contributed by atoms with E-state index in [-0.39, 0.29) is 11.8 Å². The van der Waals surface area contributed by atoms with E-state index in [1.807, 2.05) is 62.4 Å². The maximum atomic E-state index is 12.5. The molecule has 1 aliphatic rings. The first-order chi connectivity index (χ1) is 13.1. The van der Waals surface area contributed by atoms with Crippen molar-refractivity contribution in [1.82, 2.24) is 9.97 Å². The van der Waals surface area contributed by atoms with Gasteiger partial charge in [-0.1, -0.05) is 36.4 Å². The highest BCUT2D eigenvalue weighted by atomic mass is 16.2. The Kier molecular flexibility index (Phi) is 4.59. The third-order valence-corrected chi connectivity index (χ3v) is 4.79. The van der Waals surface area contributed by atoms with Crippen molar-refractivity contribution in [3.63, 3.8) is 0 Å². The molecule has 1 saturated heterocycles. The van der Waals surface area contributed by atoms with Gasteiger partial charge >= 0.3 is 0 Å². The van der Waals surface area contributed by atoms with Crippen LogP contribution in [0.2, 0.25) is 0 Å². The van der Waals surface area contributed by atoms with Gasteiger partial charge in [-0.2, -0.15) is 0 Å². The smallest absolute Gasteiger partial charge is 0.231 e. The number of carbonyl (C=O) groups is 1. The van der Waals surface area contributed by atoms with Crippen LogP contribution in [0.15, 0.2) is 60.9 Å². The van der Waals surface area contributed by atoms with Crippen LogP contribution < -0.4 is 10.2 Å². The Bertz CT molecular complexity index is 945. The molecular formula is C22H22N4O. The second kappa shape index (κ2) is 7.19. The van der Waals surface area contributed by atoms with Crippen molar-refractivity contribution in [2.24, 2.45) is 5.92 Å².